The Balaban J connectivity index is 4.15. The van der Waals surface area contributed by atoms with Gasteiger partial charge in [0.15, 0.2) is 0 Å². The smallest absolute Gasteiger partial charge is 0.0540 e. The molecule has 0 aromatic heterocycles. The van der Waals surface area contributed by atoms with E-state index in [1.807, 2.05) is 6.92 Å². The van der Waals surface area contributed by atoms with E-state index in [9.17, 15) is 0 Å². The van der Waals surface area contributed by atoms with Gasteiger partial charge in [-0.05, 0) is 12.8 Å². The molecule has 0 aromatic rings. The number of hydrogen-bond donors (Lipinski definition) is 0. The van der Waals surface area contributed by atoms with Crippen molar-refractivity contribution in [2.45, 2.75) is 20.8 Å². The van der Waals surface area contributed by atoms with Gasteiger partial charge in [0.1, 0.15) is 0 Å². The summed E-state index contributed by atoms with van der Waals surface area (Å²) in [5, 5.41) is 1.98. The summed E-state index contributed by atoms with van der Waals surface area (Å²) in [4.78, 5) is 0. The van der Waals surface area contributed by atoms with Crippen molar-refractivity contribution >= 4 is 31.9 Å². The molecule has 0 aliphatic heterocycles. The van der Waals surface area contributed by atoms with Crippen LogP contribution in [0.5, 0.6) is 0 Å². The summed E-state index contributed by atoms with van der Waals surface area (Å²) in [6.45, 7) is 8.14. The Morgan fingerprint density at radius 3 is 2.00 bits per heavy atom. The maximum atomic E-state index is 5.48. The Morgan fingerprint density at radius 1 is 1.25 bits per heavy atom. The Hall–Kier alpha value is 0.920. The van der Waals surface area contributed by atoms with Crippen LogP contribution in [0.3, 0.4) is 0 Å². The van der Waals surface area contributed by atoms with Crippen molar-refractivity contribution in [2.75, 3.05) is 23.9 Å². The van der Waals surface area contributed by atoms with E-state index in [2.05, 4.69) is 45.7 Å². The minimum atomic E-state index is 0.246. The first-order valence-electron chi connectivity index (χ1n) is 4.32. The summed E-state index contributed by atoms with van der Waals surface area (Å²) in [6.07, 6.45) is 0. The molecule has 0 rings (SSSR count). The van der Waals surface area contributed by atoms with Crippen LogP contribution in [0.25, 0.3) is 0 Å². The van der Waals surface area contributed by atoms with Crippen molar-refractivity contribution < 1.29 is 4.74 Å². The van der Waals surface area contributed by atoms with Crippen molar-refractivity contribution in [3.05, 3.63) is 0 Å². The number of alkyl halides is 2. The SMILES string of the molecule is CCOCC(CBr)(CBr)C(C)C. The standard InChI is InChI=1S/C9H18Br2O/c1-4-12-7-9(5-10,6-11)8(2)3/h8H,4-7H2,1-3H3. The molecule has 12 heavy (non-hydrogen) atoms. The lowest BCUT2D eigenvalue weighted by Crippen LogP contribution is -2.36. The van der Waals surface area contributed by atoms with Crippen LogP contribution in [0.4, 0.5) is 0 Å². The molecule has 3 heteroatoms. The second-order valence-electron chi connectivity index (χ2n) is 3.42. The van der Waals surface area contributed by atoms with Gasteiger partial charge in [-0.15, -0.1) is 0 Å². The van der Waals surface area contributed by atoms with Gasteiger partial charge in [-0.3, -0.25) is 0 Å². The van der Waals surface area contributed by atoms with Crippen molar-refractivity contribution in [1.29, 1.82) is 0 Å². The number of rotatable bonds is 6. The first-order valence-corrected chi connectivity index (χ1v) is 6.57. The molecule has 0 saturated carbocycles. The second-order valence-corrected chi connectivity index (χ2v) is 4.54. The molecule has 0 fully saturated rings. The van der Waals surface area contributed by atoms with Crippen LogP contribution in [0.1, 0.15) is 20.8 Å². The van der Waals surface area contributed by atoms with Gasteiger partial charge < -0.3 is 4.74 Å². The Bertz CT molecular complexity index is 111. The fraction of sp³-hybridized carbons (Fsp3) is 1.00. The zero-order valence-electron chi connectivity index (χ0n) is 8.07. The van der Waals surface area contributed by atoms with Gasteiger partial charge in [-0.25, -0.2) is 0 Å². The predicted molar refractivity (Wildman–Crippen MR) is 61.4 cm³/mol. The van der Waals surface area contributed by atoms with Gasteiger partial charge in [-0.2, -0.15) is 0 Å². The van der Waals surface area contributed by atoms with Crippen molar-refractivity contribution in [1.82, 2.24) is 0 Å². The van der Waals surface area contributed by atoms with Crippen LogP contribution in [0, 0.1) is 11.3 Å². The summed E-state index contributed by atoms with van der Waals surface area (Å²) in [5.41, 5.74) is 0.246. The average molecular weight is 302 g/mol. The third kappa shape index (κ3) is 3.35. The van der Waals surface area contributed by atoms with Crippen LogP contribution in [0.2, 0.25) is 0 Å². The van der Waals surface area contributed by atoms with E-state index in [-0.39, 0.29) is 5.41 Å². The van der Waals surface area contributed by atoms with Gasteiger partial charge in [0, 0.05) is 22.7 Å². The molecule has 1 nitrogen and oxygen atoms in total. The summed E-state index contributed by atoms with van der Waals surface area (Å²) in [5.74, 6) is 0.628. The van der Waals surface area contributed by atoms with Crippen molar-refractivity contribution in [3.8, 4) is 0 Å². The lowest BCUT2D eigenvalue weighted by molar-refractivity contribution is 0.0520. The molecule has 0 atom stereocenters. The minimum Gasteiger partial charge on any atom is -0.381 e. The topological polar surface area (TPSA) is 9.23 Å². The molecule has 0 amide bonds. The summed E-state index contributed by atoms with van der Waals surface area (Å²) in [7, 11) is 0. The summed E-state index contributed by atoms with van der Waals surface area (Å²) >= 11 is 7.11. The van der Waals surface area contributed by atoms with Gasteiger partial charge in [-0.1, -0.05) is 45.7 Å². The first kappa shape index (κ1) is 12.9. The molecule has 0 unspecified atom stereocenters. The Labute approximate surface area is 92.5 Å². The largest absolute Gasteiger partial charge is 0.381 e. The van der Waals surface area contributed by atoms with Gasteiger partial charge in [0.25, 0.3) is 0 Å². The monoisotopic (exact) mass is 300 g/mol. The normalized spacial score (nSPS) is 12.5. The molecule has 0 bridgehead atoms. The number of hydrogen-bond acceptors (Lipinski definition) is 1. The quantitative estimate of drug-likeness (QED) is 0.683. The number of halogens is 2. The van der Waals surface area contributed by atoms with Crippen LogP contribution >= 0.6 is 31.9 Å². The van der Waals surface area contributed by atoms with E-state index in [0.717, 1.165) is 23.9 Å². The molecule has 0 saturated heterocycles. The Kier molecular flexibility index (Phi) is 6.87. The van der Waals surface area contributed by atoms with E-state index in [4.69, 9.17) is 4.74 Å². The van der Waals surface area contributed by atoms with Crippen molar-refractivity contribution in [2.24, 2.45) is 11.3 Å². The van der Waals surface area contributed by atoms with E-state index < -0.39 is 0 Å². The van der Waals surface area contributed by atoms with Gasteiger partial charge >= 0.3 is 0 Å². The molecule has 0 aromatic carbocycles. The fourth-order valence-corrected chi connectivity index (χ4v) is 3.44. The third-order valence-corrected chi connectivity index (χ3v) is 4.58. The van der Waals surface area contributed by atoms with Crippen LogP contribution in [-0.2, 0) is 4.74 Å². The zero-order chi connectivity index (χ0) is 9.61. The van der Waals surface area contributed by atoms with Crippen LogP contribution in [-0.4, -0.2) is 23.9 Å². The highest BCUT2D eigenvalue weighted by Crippen LogP contribution is 2.32. The summed E-state index contributed by atoms with van der Waals surface area (Å²) in [6, 6.07) is 0. The lowest BCUT2D eigenvalue weighted by atomic mass is 9.82. The average Bonchev–Trinajstić information content (AvgIpc) is 2.07. The maximum Gasteiger partial charge on any atom is 0.0540 e. The Morgan fingerprint density at radius 2 is 1.75 bits per heavy atom. The molecule has 74 valence electrons. The van der Waals surface area contributed by atoms with Crippen molar-refractivity contribution in [3.63, 3.8) is 0 Å². The van der Waals surface area contributed by atoms with E-state index in [1.165, 1.54) is 0 Å². The first-order chi connectivity index (χ1) is 5.63. The third-order valence-electron chi connectivity index (χ3n) is 2.35. The maximum absolute atomic E-state index is 5.48. The zero-order valence-corrected chi connectivity index (χ0v) is 11.2. The van der Waals surface area contributed by atoms with E-state index in [0.29, 0.717) is 5.92 Å². The highest BCUT2D eigenvalue weighted by atomic mass is 79.9. The molecular weight excluding hydrogens is 284 g/mol. The minimum absolute atomic E-state index is 0.246. The molecule has 0 radical (unpaired) electrons. The molecule has 0 spiro atoms. The second kappa shape index (κ2) is 6.39. The predicted octanol–water partition coefficient (Wildman–Crippen LogP) is 3.46. The fourth-order valence-electron chi connectivity index (χ4n) is 0.893. The molecule has 0 N–H and O–H groups in total. The number of ether oxygens (including phenoxy) is 1. The lowest BCUT2D eigenvalue weighted by Gasteiger charge is -2.33. The highest BCUT2D eigenvalue weighted by Gasteiger charge is 2.31. The molecule has 0 aliphatic carbocycles. The van der Waals surface area contributed by atoms with Crippen LogP contribution in [0.15, 0.2) is 0 Å². The van der Waals surface area contributed by atoms with Crippen LogP contribution < -0.4 is 0 Å². The molecule has 0 heterocycles. The summed E-state index contributed by atoms with van der Waals surface area (Å²) < 4.78 is 5.48. The highest BCUT2D eigenvalue weighted by molar-refractivity contribution is 9.09. The molecular formula is C9H18Br2O. The molecule has 0 aliphatic rings. The van der Waals surface area contributed by atoms with E-state index in [1.54, 1.807) is 0 Å². The van der Waals surface area contributed by atoms with Gasteiger partial charge in [0.2, 0.25) is 0 Å². The van der Waals surface area contributed by atoms with E-state index >= 15 is 0 Å². The van der Waals surface area contributed by atoms with Gasteiger partial charge in [0.05, 0.1) is 6.61 Å².